The van der Waals surface area contributed by atoms with Gasteiger partial charge in [0, 0.05) is 6.42 Å². The predicted octanol–water partition coefficient (Wildman–Crippen LogP) is 1.49. The first-order valence-corrected chi connectivity index (χ1v) is 7.48. The zero-order valence-electron chi connectivity index (χ0n) is 13.1. The van der Waals surface area contributed by atoms with Crippen molar-refractivity contribution in [2.75, 3.05) is 13.2 Å². The maximum atomic E-state index is 11.9. The minimum absolute atomic E-state index is 0.146. The molecule has 0 aliphatic carbocycles. The molecule has 0 bridgehead atoms. The van der Waals surface area contributed by atoms with Gasteiger partial charge in [-0.25, -0.2) is 0 Å². The molecule has 0 heterocycles. The number of aliphatic hydroxyl groups is 3. The first-order chi connectivity index (χ1) is 9.34. The van der Waals surface area contributed by atoms with E-state index in [-0.39, 0.29) is 12.3 Å². The van der Waals surface area contributed by atoms with E-state index in [1.807, 2.05) is 13.8 Å². The zero-order chi connectivity index (χ0) is 15.8. The third-order valence-corrected chi connectivity index (χ3v) is 4.03. The highest BCUT2D eigenvalue weighted by molar-refractivity contribution is 5.69. The molecule has 5 heteroatoms. The SMILES string of the molecule is CCC(C)CCC(=O)OC(C(C)CC)C(O)(CO)CO. The first kappa shape index (κ1) is 19.4. The van der Waals surface area contributed by atoms with Crippen molar-refractivity contribution in [2.24, 2.45) is 11.8 Å². The molecule has 0 aromatic rings. The molecule has 3 atom stereocenters. The predicted molar refractivity (Wildman–Crippen MR) is 77.1 cm³/mol. The molecule has 0 saturated heterocycles. The summed E-state index contributed by atoms with van der Waals surface area (Å²) in [6, 6.07) is 0. The van der Waals surface area contributed by atoms with E-state index in [1.54, 1.807) is 0 Å². The maximum Gasteiger partial charge on any atom is 0.306 e. The van der Waals surface area contributed by atoms with Gasteiger partial charge in [-0.1, -0.05) is 34.1 Å². The number of hydrogen-bond donors (Lipinski definition) is 3. The fourth-order valence-corrected chi connectivity index (χ4v) is 1.97. The summed E-state index contributed by atoms with van der Waals surface area (Å²) in [5.41, 5.74) is -1.79. The van der Waals surface area contributed by atoms with Crippen LogP contribution in [-0.2, 0) is 9.53 Å². The van der Waals surface area contributed by atoms with Crippen molar-refractivity contribution >= 4 is 5.97 Å². The lowest BCUT2D eigenvalue weighted by atomic mass is 9.87. The number of ether oxygens (including phenoxy) is 1. The van der Waals surface area contributed by atoms with E-state index < -0.39 is 30.9 Å². The highest BCUT2D eigenvalue weighted by atomic mass is 16.6. The smallest absolute Gasteiger partial charge is 0.306 e. The summed E-state index contributed by atoms with van der Waals surface area (Å²) >= 11 is 0. The molecule has 0 radical (unpaired) electrons. The number of hydrogen-bond acceptors (Lipinski definition) is 5. The van der Waals surface area contributed by atoms with Crippen LogP contribution in [0.4, 0.5) is 0 Å². The zero-order valence-corrected chi connectivity index (χ0v) is 13.1. The molecule has 0 rings (SSSR count). The summed E-state index contributed by atoms with van der Waals surface area (Å²) in [6.45, 7) is 6.57. The lowest BCUT2D eigenvalue weighted by molar-refractivity contribution is -0.187. The molecule has 20 heavy (non-hydrogen) atoms. The lowest BCUT2D eigenvalue weighted by Crippen LogP contribution is -2.53. The Morgan fingerprint density at radius 3 is 2.10 bits per heavy atom. The molecule has 0 aliphatic heterocycles. The van der Waals surface area contributed by atoms with Gasteiger partial charge in [0.25, 0.3) is 0 Å². The van der Waals surface area contributed by atoms with Gasteiger partial charge in [0.2, 0.25) is 0 Å². The van der Waals surface area contributed by atoms with E-state index in [2.05, 4.69) is 13.8 Å². The Hall–Kier alpha value is -0.650. The molecule has 5 nitrogen and oxygen atoms in total. The lowest BCUT2D eigenvalue weighted by Gasteiger charge is -2.36. The second kappa shape index (κ2) is 9.32. The van der Waals surface area contributed by atoms with Gasteiger partial charge in [0.15, 0.2) is 0 Å². The van der Waals surface area contributed by atoms with Gasteiger partial charge in [-0.05, 0) is 24.7 Å². The van der Waals surface area contributed by atoms with E-state index in [0.29, 0.717) is 12.3 Å². The molecule has 0 aromatic carbocycles. The Labute approximate surface area is 122 Å². The molecular weight excluding hydrogens is 260 g/mol. The fourth-order valence-electron chi connectivity index (χ4n) is 1.97. The van der Waals surface area contributed by atoms with Crippen LogP contribution in [0.25, 0.3) is 0 Å². The Morgan fingerprint density at radius 2 is 1.70 bits per heavy atom. The van der Waals surface area contributed by atoms with Crippen molar-refractivity contribution in [2.45, 2.75) is 65.1 Å². The number of esters is 1. The quantitative estimate of drug-likeness (QED) is 0.531. The van der Waals surface area contributed by atoms with E-state index in [0.717, 1.165) is 12.8 Å². The van der Waals surface area contributed by atoms with Crippen molar-refractivity contribution in [1.29, 1.82) is 0 Å². The van der Waals surface area contributed by atoms with Crippen molar-refractivity contribution in [1.82, 2.24) is 0 Å². The third kappa shape index (κ3) is 5.77. The molecule has 3 N–H and O–H groups in total. The normalized spacial score (nSPS) is 16.6. The standard InChI is InChI=1S/C15H30O5/c1-5-11(3)7-8-13(18)20-14(12(4)6-2)15(19,9-16)10-17/h11-12,14,16-17,19H,5-10H2,1-4H3. The van der Waals surface area contributed by atoms with Crippen molar-refractivity contribution < 1.29 is 24.9 Å². The van der Waals surface area contributed by atoms with Gasteiger partial charge in [-0.2, -0.15) is 0 Å². The average Bonchev–Trinajstić information content (AvgIpc) is 2.48. The molecule has 3 unspecified atom stereocenters. The highest BCUT2D eigenvalue weighted by Crippen LogP contribution is 2.24. The molecule has 0 saturated carbocycles. The summed E-state index contributed by atoms with van der Waals surface area (Å²) in [5.74, 6) is -0.0954. The highest BCUT2D eigenvalue weighted by Gasteiger charge is 2.41. The van der Waals surface area contributed by atoms with Crippen molar-refractivity contribution in [3.63, 3.8) is 0 Å². The first-order valence-electron chi connectivity index (χ1n) is 7.48. The largest absolute Gasteiger partial charge is 0.459 e. The van der Waals surface area contributed by atoms with Crippen LogP contribution < -0.4 is 0 Å². The Morgan fingerprint density at radius 1 is 1.15 bits per heavy atom. The van der Waals surface area contributed by atoms with Crippen LogP contribution in [0.3, 0.4) is 0 Å². The molecule has 0 aromatic heterocycles. The number of carbonyl (C=O) groups is 1. The van der Waals surface area contributed by atoms with Gasteiger partial charge in [-0.3, -0.25) is 4.79 Å². The van der Waals surface area contributed by atoms with Gasteiger partial charge in [0.1, 0.15) is 11.7 Å². The summed E-state index contributed by atoms with van der Waals surface area (Å²) in [4.78, 5) is 11.9. The number of rotatable bonds is 10. The molecule has 0 aliphatic rings. The molecular formula is C15H30O5. The Kier molecular flexibility index (Phi) is 9.01. The van der Waals surface area contributed by atoms with Crippen LogP contribution >= 0.6 is 0 Å². The van der Waals surface area contributed by atoms with Crippen LogP contribution in [0, 0.1) is 11.8 Å². The van der Waals surface area contributed by atoms with E-state index >= 15 is 0 Å². The minimum atomic E-state index is -1.79. The van der Waals surface area contributed by atoms with Crippen LogP contribution in [0.2, 0.25) is 0 Å². The molecule has 0 amide bonds. The van der Waals surface area contributed by atoms with Crippen LogP contribution in [-0.4, -0.2) is 46.2 Å². The summed E-state index contributed by atoms with van der Waals surface area (Å²) in [5, 5.41) is 28.7. The summed E-state index contributed by atoms with van der Waals surface area (Å²) < 4.78 is 5.34. The Balaban J connectivity index is 4.70. The maximum absolute atomic E-state index is 11.9. The van der Waals surface area contributed by atoms with Crippen molar-refractivity contribution in [3.05, 3.63) is 0 Å². The molecule has 120 valence electrons. The van der Waals surface area contributed by atoms with E-state index in [4.69, 9.17) is 4.74 Å². The van der Waals surface area contributed by atoms with Gasteiger partial charge < -0.3 is 20.1 Å². The summed E-state index contributed by atoms with van der Waals surface area (Å²) in [7, 11) is 0. The van der Waals surface area contributed by atoms with Gasteiger partial charge >= 0.3 is 5.97 Å². The topological polar surface area (TPSA) is 87.0 Å². The van der Waals surface area contributed by atoms with Crippen LogP contribution in [0.1, 0.15) is 53.4 Å². The second-order valence-corrected chi connectivity index (χ2v) is 5.77. The number of carbonyl (C=O) groups excluding carboxylic acids is 1. The van der Waals surface area contributed by atoms with Crippen molar-refractivity contribution in [3.8, 4) is 0 Å². The average molecular weight is 290 g/mol. The monoisotopic (exact) mass is 290 g/mol. The summed E-state index contributed by atoms with van der Waals surface area (Å²) in [6.07, 6.45) is 1.80. The Bertz CT molecular complexity index is 275. The minimum Gasteiger partial charge on any atom is -0.459 e. The van der Waals surface area contributed by atoms with E-state index in [1.165, 1.54) is 0 Å². The van der Waals surface area contributed by atoms with Gasteiger partial charge in [-0.15, -0.1) is 0 Å². The third-order valence-electron chi connectivity index (χ3n) is 4.03. The van der Waals surface area contributed by atoms with E-state index in [9.17, 15) is 20.1 Å². The van der Waals surface area contributed by atoms with Crippen LogP contribution in [0.15, 0.2) is 0 Å². The molecule has 0 spiro atoms. The molecule has 0 fully saturated rings. The number of aliphatic hydroxyl groups excluding tert-OH is 2. The fraction of sp³-hybridized carbons (Fsp3) is 0.933. The van der Waals surface area contributed by atoms with Gasteiger partial charge in [0.05, 0.1) is 13.2 Å². The second-order valence-electron chi connectivity index (χ2n) is 5.77. The van der Waals surface area contributed by atoms with Crippen LogP contribution in [0.5, 0.6) is 0 Å².